The maximum atomic E-state index is 13.9. The van der Waals surface area contributed by atoms with Gasteiger partial charge in [-0.05, 0) is 23.6 Å². The molecule has 0 aliphatic heterocycles. The topological polar surface area (TPSA) is 26.0 Å². The summed E-state index contributed by atoms with van der Waals surface area (Å²) in [6.45, 7) is 2.43. The first-order chi connectivity index (χ1) is 8.65. The maximum absolute atomic E-state index is 13.9. The molecule has 0 radical (unpaired) electrons. The van der Waals surface area contributed by atoms with Crippen LogP contribution in [-0.2, 0) is 11.8 Å². The van der Waals surface area contributed by atoms with Gasteiger partial charge in [-0.15, -0.1) is 0 Å². The van der Waals surface area contributed by atoms with Crippen LogP contribution in [-0.4, -0.2) is 6.54 Å². The molecule has 0 heterocycles. The van der Waals surface area contributed by atoms with E-state index in [2.05, 4.69) is 12.1 Å². The summed E-state index contributed by atoms with van der Waals surface area (Å²) in [6.07, 6.45) is 0.741. The van der Waals surface area contributed by atoms with Crippen LogP contribution in [0.15, 0.2) is 54.6 Å². The van der Waals surface area contributed by atoms with E-state index in [0.29, 0.717) is 12.1 Å². The van der Waals surface area contributed by atoms with Crippen molar-refractivity contribution in [1.29, 1.82) is 0 Å². The summed E-state index contributed by atoms with van der Waals surface area (Å²) in [5.41, 5.74) is 7.39. The molecule has 0 spiro atoms. The fourth-order valence-corrected chi connectivity index (χ4v) is 2.27. The third-order valence-electron chi connectivity index (χ3n) is 3.41. The number of rotatable bonds is 4. The zero-order valence-electron chi connectivity index (χ0n) is 10.6. The lowest BCUT2D eigenvalue weighted by Gasteiger charge is -2.29. The van der Waals surface area contributed by atoms with Crippen LogP contribution in [0.2, 0.25) is 0 Å². The number of benzene rings is 2. The zero-order valence-corrected chi connectivity index (χ0v) is 10.6. The Kier molecular flexibility index (Phi) is 3.78. The second-order valence-corrected chi connectivity index (χ2v) is 4.91. The minimum Gasteiger partial charge on any atom is -0.330 e. The van der Waals surface area contributed by atoms with Crippen molar-refractivity contribution < 1.29 is 4.39 Å². The van der Waals surface area contributed by atoms with Crippen molar-refractivity contribution in [1.82, 2.24) is 0 Å². The fraction of sp³-hybridized carbons (Fsp3) is 0.250. The normalized spacial score (nSPS) is 14.2. The van der Waals surface area contributed by atoms with Gasteiger partial charge in [-0.25, -0.2) is 4.39 Å². The second kappa shape index (κ2) is 5.32. The summed E-state index contributed by atoms with van der Waals surface area (Å²) < 4.78 is 13.9. The molecular weight excluding hydrogens is 225 g/mol. The van der Waals surface area contributed by atoms with Crippen LogP contribution in [0, 0.1) is 5.82 Å². The zero-order chi connectivity index (χ0) is 13.0. The lowest BCUT2D eigenvalue weighted by Crippen LogP contribution is -2.35. The fourth-order valence-electron chi connectivity index (χ4n) is 2.27. The van der Waals surface area contributed by atoms with Gasteiger partial charge in [0.25, 0.3) is 0 Å². The van der Waals surface area contributed by atoms with E-state index in [9.17, 15) is 4.39 Å². The van der Waals surface area contributed by atoms with Gasteiger partial charge < -0.3 is 5.73 Å². The molecule has 0 fully saturated rings. The van der Waals surface area contributed by atoms with E-state index in [0.717, 1.165) is 6.42 Å². The molecule has 0 saturated heterocycles. The van der Waals surface area contributed by atoms with E-state index in [1.54, 1.807) is 6.07 Å². The number of halogens is 1. The Bertz CT molecular complexity index is 510. The molecule has 1 unspecified atom stereocenters. The molecule has 0 saturated carbocycles. The molecule has 0 amide bonds. The third kappa shape index (κ3) is 2.59. The monoisotopic (exact) mass is 243 g/mol. The first-order valence-corrected chi connectivity index (χ1v) is 6.15. The summed E-state index contributed by atoms with van der Waals surface area (Å²) in [7, 11) is 0. The molecule has 1 atom stereocenters. The smallest absolute Gasteiger partial charge is 0.127 e. The van der Waals surface area contributed by atoms with Crippen LogP contribution >= 0.6 is 0 Å². The van der Waals surface area contributed by atoms with Crippen molar-refractivity contribution >= 4 is 0 Å². The SMILES string of the molecule is CC(CN)(Cc1ccccc1)c1ccccc1F. The van der Waals surface area contributed by atoms with Gasteiger partial charge in [0.15, 0.2) is 0 Å². The third-order valence-corrected chi connectivity index (χ3v) is 3.41. The highest BCUT2D eigenvalue weighted by molar-refractivity contribution is 5.30. The van der Waals surface area contributed by atoms with E-state index in [1.807, 2.05) is 37.3 Å². The molecule has 2 aromatic rings. The second-order valence-electron chi connectivity index (χ2n) is 4.91. The standard InChI is InChI=1S/C16H18FN/c1-16(12-18,11-13-7-3-2-4-8-13)14-9-5-6-10-15(14)17/h2-10H,11-12,18H2,1H3. The van der Waals surface area contributed by atoms with Crippen molar-refractivity contribution in [2.75, 3.05) is 6.54 Å². The van der Waals surface area contributed by atoms with Crippen molar-refractivity contribution in [2.24, 2.45) is 5.73 Å². The van der Waals surface area contributed by atoms with Gasteiger partial charge in [0.05, 0.1) is 0 Å². The molecule has 2 aromatic carbocycles. The Hall–Kier alpha value is -1.67. The molecule has 0 aromatic heterocycles. The molecule has 2 N–H and O–H groups in total. The van der Waals surface area contributed by atoms with E-state index in [-0.39, 0.29) is 11.2 Å². The highest BCUT2D eigenvalue weighted by atomic mass is 19.1. The molecule has 0 aliphatic rings. The summed E-state index contributed by atoms with van der Waals surface area (Å²) in [6, 6.07) is 17.0. The summed E-state index contributed by atoms with van der Waals surface area (Å²) in [5.74, 6) is -0.179. The lowest BCUT2D eigenvalue weighted by atomic mass is 9.77. The van der Waals surface area contributed by atoms with Crippen LogP contribution < -0.4 is 5.73 Å². The largest absolute Gasteiger partial charge is 0.330 e. The quantitative estimate of drug-likeness (QED) is 0.876. The van der Waals surface area contributed by atoms with E-state index < -0.39 is 0 Å². The molecule has 2 rings (SSSR count). The van der Waals surface area contributed by atoms with Gasteiger partial charge in [0.1, 0.15) is 5.82 Å². The Morgan fingerprint density at radius 1 is 1.00 bits per heavy atom. The first-order valence-electron chi connectivity index (χ1n) is 6.15. The highest BCUT2D eigenvalue weighted by Gasteiger charge is 2.28. The average Bonchev–Trinajstić information content (AvgIpc) is 2.40. The van der Waals surface area contributed by atoms with Crippen LogP contribution in [0.4, 0.5) is 4.39 Å². The van der Waals surface area contributed by atoms with Gasteiger partial charge in [-0.2, -0.15) is 0 Å². The molecule has 18 heavy (non-hydrogen) atoms. The minimum atomic E-state index is -0.368. The van der Waals surface area contributed by atoms with E-state index in [4.69, 9.17) is 5.73 Å². The van der Waals surface area contributed by atoms with Gasteiger partial charge >= 0.3 is 0 Å². The summed E-state index contributed by atoms with van der Waals surface area (Å²) >= 11 is 0. The number of hydrogen-bond donors (Lipinski definition) is 1. The van der Waals surface area contributed by atoms with Crippen molar-refractivity contribution in [2.45, 2.75) is 18.8 Å². The van der Waals surface area contributed by atoms with Crippen molar-refractivity contribution in [3.63, 3.8) is 0 Å². The van der Waals surface area contributed by atoms with E-state index >= 15 is 0 Å². The first kappa shape index (κ1) is 12.8. The van der Waals surface area contributed by atoms with Crippen molar-refractivity contribution in [3.8, 4) is 0 Å². The van der Waals surface area contributed by atoms with Crippen LogP contribution in [0.25, 0.3) is 0 Å². The molecule has 0 bridgehead atoms. The predicted octanol–water partition coefficient (Wildman–Crippen LogP) is 3.28. The molecule has 2 heteroatoms. The van der Waals surface area contributed by atoms with Gasteiger partial charge in [-0.1, -0.05) is 55.5 Å². The van der Waals surface area contributed by atoms with Crippen LogP contribution in [0.3, 0.4) is 0 Å². The van der Waals surface area contributed by atoms with Gasteiger partial charge in [0, 0.05) is 12.0 Å². The van der Waals surface area contributed by atoms with Crippen LogP contribution in [0.5, 0.6) is 0 Å². The number of nitrogens with two attached hydrogens (primary N) is 1. The Balaban J connectivity index is 2.34. The molecule has 0 aliphatic carbocycles. The molecule has 1 nitrogen and oxygen atoms in total. The van der Waals surface area contributed by atoms with Crippen molar-refractivity contribution in [3.05, 3.63) is 71.5 Å². The summed E-state index contributed by atoms with van der Waals surface area (Å²) in [5, 5.41) is 0. The molecular formula is C16H18FN. The Labute approximate surface area is 107 Å². The summed E-state index contributed by atoms with van der Waals surface area (Å²) in [4.78, 5) is 0. The van der Waals surface area contributed by atoms with Gasteiger partial charge in [-0.3, -0.25) is 0 Å². The molecule has 94 valence electrons. The minimum absolute atomic E-state index is 0.179. The highest BCUT2D eigenvalue weighted by Crippen LogP contribution is 2.29. The Morgan fingerprint density at radius 3 is 2.22 bits per heavy atom. The van der Waals surface area contributed by atoms with Gasteiger partial charge in [0.2, 0.25) is 0 Å². The average molecular weight is 243 g/mol. The lowest BCUT2D eigenvalue weighted by molar-refractivity contribution is 0.450. The van der Waals surface area contributed by atoms with E-state index in [1.165, 1.54) is 11.6 Å². The predicted molar refractivity (Wildman–Crippen MR) is 73.0 cm³/mol. The number of hydrogen-bond acceptors (Lipinski definition) is 1. The van der Waals surface area contributed by atoms with Crippen LogP contribution in [0.1, 0.15) is 18.1 Å². The Morgan fingerprint density at radius 2 is 1.61 bits per heavy atom. The maximum Gasteiger partial charge on any atom is 0.127 e.